The summed E-state index contributed by atoms with van der Waals surface area (Å²) < 4.78 is 34.7. The van der Waals surface area contributed by atoms with E-state index in [1.807, 2.05) is 13.0 Å². The first kappa shape index (κ1) is 17.0. The fourth-order valence-electron chi connectivity index (χ4n) is 2.75. The highest BCUT2D eigenvalue weighted by Crippen LogP contribution is 2.30. The molecule has 1 aliphatic rings. The third-order valence-electron chi connectivity index (χ3n) is 3.58. The molecule has 2 rings (SSSR count). The van der Waals surface area contributed by atoms with Gasteiger partial charge in [-0.05, 0) is 38.5 Å². The van der Waals surface area contributed by atoms with Crippen LogP contribution in [0.1, 0.15) is 26.3 Å². The zero-order chi connectivity index (χ0) is 16.2. The number of piperazine rings is 1. The molecule has 1 N–H and O–H groups in total. The number of hydrogen-bond donors (Lipinski definition) is 1. The van der Waals surface area contributed by atoms with Crippen molar-refractivity contribution in [1.82, 2.24) is 10.2 Å². The first-order valence-corrected chi connectivity index (χ1v) is 7.57. The van der Waals surface area contributed by atoms with Crippen LogP contribution in [0.5, 0.6) is 11.5 Å². The van der Waals surface area contributed by atoms with Crippen molar-refractivity contribution in [2.45, 2.75) is 39.5 Å². The molecule has 0 unspecified atom stereocenters. The van der Waals surface area contributed by atoms with Crippen LogP contribution in [0.4, 0.5) is 8.78 Å². The van der Waals surface area contributed by atoms with E-state index >= 15 is 0 Å². The van der Waals surface area contributed by atoms with Crippen LogP contribution >= 0.6 is 0 Å². The van der Waals surface area contributed by atoms with Crippen molar-refractivity contribution in [3.63, 3.8) is 0 Å². The van der Waals surface area contributed by atoms with E-state index in [0.717, 1.165) is 31.7 Å². The second-order valence-electron chi connectivity index (χ2n) is 6.11. The van der Waals surface area contributed by atoms with E-state index in [-0.39, 0.29) is 11.3 Å². The van der Waals surface area contributed by atoms with Gasteiger partial charge >= 0.3 is 6.61 Å². The van der Waals surface area contributed by atoms with Crippen LogP contribution in [-0.4, -0.2) is 43.3 Å². The fraction of sp³-hybridized carbons (Fsp3) is 0.625. The maximum absolute atomic E-state index is 12.4. The molecule has 4 nitrogen and oxygen atoms in total. The van der Waals surface area contributed by atoms with E-state index in [1.165, 1.54) is 0 Å². The normalized spacial score (nSPS) is 18.5. The number of halogens is 2. The first-order chi connectivity index (χ1) is 10.4. The second-order valence-corrected chi connectivity index (χ2v) is 6.11. The molecule has 0 saturated carbocycles. The largest absolute Gasteiger partial charge is 0.490 e. The summed E-state index contributed by atoms with van der Waals surface area (Å²) in [5, 5.41) is 3.47. The van der Waals surface area contributed by atoms with Crippen LogP contribution in [0.3, 0.4) is 0 Å². The molecule has 22 heavy (non-hydrogen) atoms. The van der Waals surface area contributed by atoms with Crippen molar-refractivity contribution >= 4 is 0 Å². The Bertz CT molecular complexity index is 495. The molecule has 6 heteroatoms. The number of ether oxygens (including phenoxy) is 2. The summed E-state index contributed by atoms with van der Waals surface area (Å²) in [6.07, 6.45) is 0. The number of nitrogens with one attached hydrogen (secondary N) is 1. The standard InChI is InChI=1S/C16H24F2N2O2/c1-4-21-14-9-12(5-6-13(14)22-15(17)18)10-20-8-7-19-16(2,3)11-20/h5-6,9,15,19H,4,7-8,10-11H2,1-3H3. The first-order valence-electron chi connectivity index (χ1n) is 7.57. The Hall–Kier alpha value is -1.40. The Labute approximate surface area is 130 Å². The van der Waals surface area contributed by atoms with Crippen LogP contribution < -0.4 is 14.8 Å². The smallest absolute Gasteiger partial charge is 0.387 e. The molecule has 1 aromatic rings. The van der Waals surface area contributed by atoms with Crippen molar-refractivity contribution in [2.24, 2.45) is 0 Å². The van der Waals surface area contributed by atoms with Gasteiger partial charge in [-0.1, -0.05) is 6.07 Å². The molecule has 1 fully saturated rings. The van der Waals surface area contributed by atoms with E-state index in [4.69, 9.17) is 4.74 Å². The minimum atomic E-state index is -2.85. The lowest BCUT2D eigenvalue weighted by atomic mass is 10.0. The molecule has 1 aliphatic heterocycles. The molecule has 0 aromatic heterocycles. The minimum absolute atomic E-state index is 0.0831. The van der Waals surface area contributed by atoms with Crippen LogP contribution in [0, 0.1) is 0 Å². The molecule has 0 radical (unpaired) electrons. The average molecular weight is 314 g/mol. The lowest BCUT2D eigenvalue weighted by Crippen LogP contribution is -2.56. The Morgan fingerprint density at radius 3 is 2.73 bits per heavy atom. The molecule has 1 heterocycles. The van der Waals surface area contributed by atoms with E-state index in [9.17, 15) is 8.78 Å². The number of hydrogen-bond acceptors (Lipinski definition) is 4. The number of rotatable bonds is 6. The third kappa shape index (κ3) is 4.81. The topological polar surface area (TPSA) is 33.7 Å². The third-order valence-corrected chi connectivity index (χ3v) is 3.58. The Balaban J connectivity index is 2.09. The van der Waals surface area contributed by atoms with E-state index in [0.29, 0.717) is 12.4 Å². The molecule has 0 atom stereocenters. The summed E-state index contributed by atoms with van der Waals surface area (Å²) >= 11 is 0. The van der Waals surface area contributed by atoms with E-state index in [2.05, 4.69) is 28.8 Å². The summed E-state index contributed by atoms with van der Waals surface area (Å²) in [4.78, 5) is 2.34. The lowest BCUT2D eigenvalue weighted by molar-refractivity contribution is -0.0514. The molecular formula is C16H24F2N2O2. The predicted molar refractivity (Wildman–Crippen MR) is 81.6 cm³/mol. The van der Waals surface area contributed by atoms with Gasteiger partial charge in [0.2, 0.25) is 0 Å². The van der Waals surface area contributed by atoms with Gasteiger partial charge in [-0.3, -0.25) is 4.90 Å². The van der Waals surface area contributed by atoms with Crippen molar-refractivity contribution in [1.29, 1.82) is 0 Å². The predicted octanol–water partition coefficient (Wildman–Crippen LogP) is 2.87. The van der Waals surface area contributed by atoms with Crippen molar-refractivity contribution < 1.29 is 18.3 Å². The Kier molecular flexibility index (Phi) is 5.58. The van der Waals surface area contributed by atoms with Crippen molar-refractivity contribution in [3.05, 3.63) is 23.8 Å². The quantitative estimate of drug-likeness (QED) is 0.875. The van der Waals surface area contributed by atoms with Crippen LogP contribution in [-0.2, 0) is 6.54 Å². The van der Waals surface area contributed by atoms with E-state index in [1.54, 1.807) is 12.1 Å². The minimum Gasteiger partial charge on any atom is -0.490 e. The highest BCUT2D eigenvalue weighted by atomic mass is 19.3. The maximum Gasteiger partial charge on any atom is 0.387 e. The summed E-state index contributed by atoms with van der Waals surface area (Å²) in [6.45, 7) is 7.32. The Morgan fingerprint density at radius 2 is 2.09 bits per heavy atom. The summed E-state index contributed by atoms with van der Waals surface area (Å²) in [5.41, 5.74) is 1.11. The van der Waals surface area contributed by atoms with Gasteiger partial charge < -0.3 is 14.8 Å². The molecule has 0 amide bonds. The average Bonchev–Trinajstić information content (AvgIpc) is 2.40. The van der Waals surface area contributed by atoms with Crippen molar-refractivity contribution in [2.75, 3.05) is 26.2 Å². The zero-order valence-electron chi connectivity index (χ0n) is 13.4. The fourth-order valence-corrected chi connectivity index (χ4v) is 2.75. The van der Waals surface area contributed by atoms with Gasteiger partial charge in [0.25, 0.3) is 0 Å². The number of benzene rings is 1. The molecule has 1 aromatic carbocycles. The molecule has 0 spiro atoms. The molecule has 0 bridgehead atoms. The summed E-state index contributed by atoms with van der Waals surface area (Å²) in [7, 11) is 0. The van der Waals surface area contributed by atoms with Crippen LogP contribution in [0.25, 0.3) is 0 Å². The van der Waals surface area contributed by atoms with Crippen LogP contribution in [0.15, 0.2) is 18.2 Å². The molecule has 0 aliphatic carbocycles. The zero-order valence-corrected chi connectivity index (χ0v) is 13.4. The monoisotopic (exact) mass is 314 g/mol. The SMILES string of the molecule is CCOc1cc(CN2CCNC(C)(C)C2)ccc1OC(F)F. The molecular weight excluding hydrogens is 290 g/mol. The van der Waals surface area contributed by atoms with E-state index < -0.39 is 6.61 Å². The number of alkyl halides is 2. The Morgan fingerprint density at radius 1 is 1.32 bits per heavy atom. The number of nitrogens with zero attached hydrogens (tertiary/aromatic N) is 1. The second kappa shape index (κ2) is 7.24. The van der Waals surface area contributed by atoms with Gasteiger partial charge in [0, 0.05) is 31.7 Å². The highest BCUT2D eigenvalue weighted by Gasteiger charge is 2.25. The van der Waals surface area contributed by atoms with Crippen molar-refractivity contribution in [3.8, 4) is 11.5 Å². The maximum atomic E-state index is 12.4. The summed E-state index contributed by atoms with van der Waals surface area (Å²) in [6, 6.07) is 5.16. The highest BCUT2D eigenvalue weighted by molar-refractivity contribution is 5.43. The molecule has 124 valence electrons. The molecule has 1 saturated heterocycles. The van der Waals surface area contributed by atoms with Gasteiger partial charge in [-0.2, -0.15) is 8.78 Å². The van der Waals surface area contributed by atoms with Gasteiger partial charge in [-0.25, -0.2) is 0 Å². The van der Waals surface area contributed by atoms with Gasteiger partial charge in [-0.15, -0.1) is 0 Å². The van der Waals surface area contributed by atoms with Gasteiger partial charge in [0.05, 0.1) is 6.61 Å². The van der Waals surface area contributed by atoms with Gasteiger partial charge in [0.1, 0.15) is 0 Å². The summed E-state index contributed by atoms with van der Waals surface area (Å²) in [5.74, 6) is 0.455. The van der Waals surface area contributed by atoms with Gasteiger partial charge in [0.15, 0.2) is 11.5 Å². The van der Waals surface area contributed by atoms with Crippen LogP contribution in [0.2, 0.25) is 0 Å². The lowest BCUT2D eigenvalue weighted by Gasteiger charge is -2.39.